The van der Waals surface area contributed by atoms with Gasteiger partial charge < -0.3 is 9.05 Å². The third-order valence-corrected chi connectivity index (χ3v) is 4.61. The van der Waals surface area contributed by atoms with Crippen molar-refractivity contribution in [3.63, 3.8) is 0 Å². The lowest BCUT2D eigenvalue weighted by atomic mass is 10.1. The summed E-state index contributed by atoms with van der Waals surface area (Å²) in [5.74, 6) is 0.675. The summed E-state index contributed by atoms with van der Waals surface area (Å²) in [6.07, 6.45) is 4.00. The average molecular weight is 399 g/mol. The van der Waals surface area contributed by atoms with Crippen LogP contribution in [-0.2, 0) is 11.0 Å². The zero-order valence-electron chi connectivity index (χ0n) is 12.9. The Hall–Kier alpha value is -1.29. The molecule has 6 heteroatoms. The lowest BCUT2D eigenvalue weighted by Crippen LogP contribution is -2.02. The summed E-state index contributed by atoms with van der Waals surface area (Å²) in [4.78, 5) is 9.99. The second-order valence-corrected chi connectivity index (χ2v) is 7.39. The molecule has 1 N–H and O–H groups in total. The molecule has 0 amide bonds. The minimum Gasteiger partial charge on any atom is -0.395 e. The van der Waals surface area contributed by atoms with Gasteiger partial charge in [-0.05, 0) is 48.7 Å². The molecule has 0 aliphatic heterocycles. The minimum atomic E-state index is -4.23. The van der Waals surface area contributed by atoms with Crippen LogP contribution in [0.3, 0.4) is 0 Å². The molecule has 23 heavy (non-hydrogen) atoms. The van der Waals surface area contributed by atoms with Gasteiger partial charge in [0, 0.05) is 4.47 Å². The number of hydrogen-bond donors (Lipinski definition) is 1. The van der Waals surface area contributed by atoms with Crippen LogP contribution in [0.25, 0.3) is 0 Å². The number of benzene rings is 2. The van der Waals surface area contributed by atoms with Crippen LogP contribution in [0.1, 0.15) is 31.7 Å². The molecule has 0 aromatic heterocycles. The highest BCUT2D eigenvalue weighted by atomic mass is 79.9. The normalized spacial score (nSPS) is 13.3. The Morgan fingerprint density at radius 1 is 1.09 bits per heavy atom. The molecule has 2 aromatic carbocycles. The van der Waals surface area contributed by atoms with Crippen molar-refractivity contribution in [3.8, 4) is 11.5 Å². The van der Waals surface area contributed by atoms with E-state index in [1.165, 1.54) is 0 Å². The highest BCUT2D eigenvalue weighted by Gasteiger charge is 2.26. The average Bonchev–Trinajstić information content (AvgIpc) is 2.50. The molecule has 0 heterocycles. The molecule has 0 bridgehead atoms. The maximum Gasteiger partial charge on any atom is 0.584 e. The van der Waals surface area contributed by atoms with Crippen molar-refractivity contribution < 1.29 is 18.5 Å². The van der Waals surface area contributed by atoms with E-state index < -0.39 is 7.82 Å². The molecule has 0 spiro atoms. The first-order chi connectivity index (χ1) is 11.0. The summed E-state index contributed by atoms with van der Waals surface area (Å²) >= 11 is 3.42. The van der Waals surface area contributed by atoms with Crippen LogP contribution in [0.15, 0.2) is 53.0 Å². The molecule has 0 fully saturated rings. The summed E-state index contributed by atoms with van der Waals surface area (Å²) in [7, 11) is -4.23. The number of halogens is 1. The molecule has 4 nitrogen and oxygen atoms in total. The van der Waals surface area contributed by atoms with Crippen molar-refractivity contribution >= 4 is 23.8 Å². The number of rotatable bonds is 8. The fourth-order valence-corrected chi connectivity index (χ4v) is 3.42. The van der Waals surface area contributed by atoms with Gasteiger partial charge in [0.1, 0.15) is 11.5 Å². The zero-order valence-corrected chi connectivity index (χ0v) is 15.4. The Balaban J connectivity index is 2.12. The fraction of sp³-hybridized carbons (Fsp3) is 0.294. The third-order valence-electron chi connectivity index (χ3n) is 3.25. The summed E-state index contributed by atoms with van der Waals surface area (Å²) in [6, 6.07) is 13.8. The van der Waals surface area contributed by atoms with Crippen LogP contribution in [0.4, 0.5) is 0 Å². The van der Waals surface area contributed by atoms with Gasteiger partial charge in [-0.3, -0.25) is 4.89 Å². The highest BCUT2D eigenvalue weighted by Crippen LogP contribution is 2.45. The first-order valence-electron chi connectivity index (χ1n) is 7.55. The predicted molar refractivity (Wildman–Crippen MR) is 94.9 cm³/mol. The minimum absolute atomic E-state index is 0.294. The third kappa shape index (κ3) is 6.02. The standard InChI is InChI=1S/C17H20BrO4P/c1-2-3-5-8-14-13-15(18)11-12-17(14)22-23(19,20)21-16-9-6-4-7-10-16/h4,6-7,9-13H,2-3,5,8H2,1H3,(H,19,20). The van der Waals surface area contributed by atoms with Crippen molar-refractivity contribution in [2.45, 2.75) is 32.6 Å². The van der Waals surface area contributed by atoms with Gasteiger partial charge in [0.25, 0.3) is 0 Å². The van der Waals surface area contributed by atoms with Crippen LogP contribution in [-0.4, -0.2) is 4.89 Å². The van der Waals surface area contributed by atoms with Gasteiger partial charge in [0.05, 0.1) is 0 Å². The molecule has 0 radical (unpaired) electrons. The van der Waals surface area contributed by atoms with E-state index in [-0.39, 0.29) is 0 Å². The van der Waals surface area contributed by atoms with Gasteiger partial charge in [-0.15, -0.1) is 0 Å². The quantitative estimate of drug-likeness (QED) is 0.454. The van der Waals surface area contributed by atoms with Crippen molar-refractivity contribution in [2.75, 3.05) is 0 Å². The number of phosphoric ester groups is 1. The number of aryl methyl sites for hydroxylation is 1. The first-order valence-corrected chi connectivity index (χ1v) is 9.84. The maximum atomic E-state index is 12.2. The van der Waals surface area contributed by atoms with Crippen LogP contribution < -0.4 is 9.05 Å². The first kappa shape index (κ1) is 18.1. The smallest absolute Gasteiger partial charge is 0.395 e. The zero-order chi connectivity index (χ0) is 16.7. The summed E-state index contributed by atoms with van der Waals surface area (Å²) in [5.41, 5.74) is 0.888. The van der Waals surface area contributed by atoms with Gasteiger partial charge in [-0.25, -0.2) is 4.57 Å². The molecule has 0 saturated carbocycles. The second-order valence-electron chi connectivity index (χ2n) is 5.17. The second kappa shape index (κ2) is 8.53. The molecule has 124 valence electrons. The molecule has 1 unspecified atom stereocenters. The summed E-state index contributed by atoms with van der Waals surface area (Å²) in [6.45, 7) is 2.13. The van der Waals surface area contributed by atoms with Gasteiger partial charge in [-0.2, -0.15) is 0 Å². The van der Waals surface area contributed by atoms with Crippen molar-refractivity contribution in [3.05, 3.63) is 58.6 Å². The molecule has 0 saturated heterocycles. The van der Waals surface area contributed by atoms with Gasteiger partial charge in [0.2, 0.25) is 0 Å². The molecule has 2 rings (SSSR count). The van der Waals surface area contributed by atoms with E-state index >= 15 is 0 Å². The fourth-order valence-electron chi connectivity index (χ4n) is 2.16. The van der Waals surface area contributed by atoms with E-state index in [1.54, 1.807) is 42.5 Å². The van der Waals surface area contributed by atoms with Gasteiger partial charge in [-0.1, -0.05) is 53.9 Å². The van der Waals surface area contributed by atoms with E-state index in [9.17, 15) is 9.46 Å². The van der Waals surface area contributed by atoms with Crippen LogP contribution >= 0.6 is 23.8 Å². The van der Waals surface area contributed by atoms with Crippen LogP contribution in [0.2, 0.25) is 0 Å². The molecule has 2 aromatic rings. The lowest BCUT2D eigenvalue weighted by molar-refractivity contribution is 0.290. The van der Waals surface area contributed by atoms with E-state index in [2.05, 4.69) is 22.9 Å². The lowest BCUT2D eigenvalue weighted by Gasteiger charge is -2.16. The number of para-hydroxylation sites is 1. The van der Waals surface area contributed by atoms with Crippen molar-refractivity contribution in [2.24, 2.45) is 0 Å². The van der Waals surface area contributed by atoms with Gasteiger partial charge >= 0.3 is 7.82 Å². The Labute approximate surface area is 145 Å². The molecule has 0 aliphatic rings. The van der Waals surface area contributed by atoms with Crippen molar-refractivity contribution in [1.29, 1.82) is 0 Å². The topological polar surface area (TPSA) is 55.8 Å². The van der Waals surface area contributed by atoms with E-state index in [0.29, 0.717) is 11.5 Å². The van der Waals surface area contributed by atoms with Crippen LogP contribution in [0, 0.1) is 0 Å². The van der Waals surface area contributed by atoms with Gasteiger partial charge in [0.15, 0.2) is 0 Å². The number of unbranched alkanes of at least 4 members (excludes halogenated alkanes) is 2. The molecular weight excluding hydrogens is 379 g/mol. The van der Waals surface area contributed by atoms with E-state index in [4.69, 9.17) is 9.05 Å². The molecular formula is C17H20BrO4P. The molecule has 1 atom stereocenters. The Bertz CT molecular complexity index is 676. The summed E-state index contributed by atoms with van der Waals surface area (Å²) < 4.78 is 23.5. The predicted octanol–water partition coefficient (Wildman–Crippen LogP) is 5.74. The number of phosphoric acid groups is 1. The van der Waals surface area contributed by atoms with E-state index in [1.807, 2.05) is 6.07 Å². The maximum absolute atomic E-state index is 12.2. The van der Waals surface area contributed by atoms with Crippen molar-refractivity contribution in [1.82, 2.24) is 0 Å². The Morgan fingerprint density at radius 2 is 1.83 bits per heavy atom. The number of hydrogen-bond acceptors (Lipinski definition) is 3. The SMILES string of the molecule is CCCCCc1cc(Br)ccc1OP(=O)(O)Oc1ccccc1. The Kier molecular flexibility index (Phi) is 6.70. The molecule has 0 aliphatic carbocycles. The Morgan fingerprint density at radius 3 is 2.52 bits per heavy atom. The monoisotopic (exact) mass is 398 g/mol. The van der Waals surface area contributed by atoms with Crippen LogP contribution in [0.5, 0.6) is 11.5 Å². The summed E-state index contributed by atoms with van der Waals surface area (Å²) in [5, 5.41) is 0. The van der Waals surface area contributed by atoms with E-state index in [0.717, 1.165) is 35.7 Å². The highest BCUT2D eigenvalue weighted by molar-refractivity contribution is 9.10. The largest absolute Gasteiger partial charge is 0.584 e.